The van der Waals surface area contributed by atoms with Crippen LogP contribution in [0.4, 0.5) is 26.3 Å². The Morgan fingerprint density at radius 1 is 0.932 bits per heavy atom. The van der Waals surface area contributed by atoms with Gasteiger partial charge in [0.25, 0.3) is 0 Å². The average molecular weight is 634 g/mol. The van der Waals surface area contributed by atoms with Gasteiger partial charge in [0.05, 0.1) is 52.4 Å². The van der Waals surface area contributed by atoms with Crippen LogP contribution in [0.2, 0.25) is 5.02 Å². The maximum absolute atomic E-state index is 15.4. The van der Waals surface area contributed by atoms with E-state index in [2.05, 4.69) is 35.8 Å². The number of alkyl halides is 5. The first-order chi connectivity index (χ1) is 21.0. The topological polar surface area (TPSA) is 110 Å². The van der Waals surface area contributed by atoms with Gasteiger partial charge in [-0.05, 0) is 24.3 Å². The van der Waals surface area contributed by atoms with Gasteiger partial charge in [0, 0.05) is 48.7 Å². The smallest absolute Gasteiger partial charge is 0.263 e. The summed E-state index contributed by atoms with van der Waals surface area (Å²) in [5.74, 6) is -0.904. The normalized spacial score (nSPS) is 12.8. The Bertz CT molecular complexity index is 1920. The third-order valence-corrected chi connectivity index (χ3v) is 7.01. The predicted octanol–water partition coefficient (Wildman–Crippen LogP) is 5.56. The minimum absolute atomic E-state index is 0.0555. The summed E-state index contributed by atoms with van der Waals surface area (Å²) in [6.45, 7) is -2.83. The number of aromatic nitrogens is 11. The van der Waals surface area contributed by atoms with Gasteiger partial charge in [-0.25, -0.2) is 18.4 Å². The SMILES string of the molecule is Cn1nncc1-c1cnn([C@@H](Cc2ccn(C(F)F)n2)c2ccc(-c3c(-n4cc(C(F)(F)F)nn4)ccc(Cl)c3F)cn2)c1. The molecule has 226 valence electrons. The van der Waals surface area contributed by atoms with Gasteiger partial charge in [0.1, 0.15) is 0 Å². The molecule has 0 aliphatic heterocycles. The van der Waals surface area contributed by atoms with Crippen LogP contribution in [0.3, 0.4) is 0 Å². The van der Waals surface area contributed by atoms with Crippen molar-refractivity contribution in [3.05, 3.63) is 95.4 Å². The van der Waals surface area contributed by atoms with Crippen LogP contribution in [0.5, 0.6) is 0 Å². The lowest BCUT2D eigenvalue weighted by Gasteiger charge is -2.17. The maximum atomic E-state index is 15.4. The highest BCUT2D eigenvalue weighted by Crippen LogP contribution is 2.35. The second-order valence-electron chi connectivity index (χ2n) is 9.51. The third kappa shape index (κ3) is 5.52. The summed E-state index contributed by atoms with van der Waals surface area (Å²) in [5.41, 5.74) is 0.783. The predicted molar refractivity (Wildman–Crippen MR) is 142 cm³/mol. The number of hydrogen-bond donors (Lipinski definition) is 0. The molecule has 44 heavy (non-hydrogen) atoms. The van der Waals surface area contributed by atoms with Gasteiger partial charge in [-0.2, -0.15) is 32.1 Å². The molecule has 0 bridgehead atoms. The molecule has 0 saturated heterocycles. The van der Waals surface area contributed by atoms with Crippen LogP contribution in [0.1, 0.15) is 29.7 Å². The second-order valence-corrected chi connectivity index (χ2v) is 9.92. The number of nitrogens with zero attached hydrogens (tertiary/aromatic N) is 11. The van der Waals surface area contributed by atoms with Crippen LogP contribution in [-0.4, -0.2) is 54.5 Å². The molecule has 0 saturated carbocycles. The Kier molecular flexibility index (Phi) is 7.40. The summed E-state index contributed by atoms with van der Waals surface area (Å²) in [4.78, 5) is 4.50. The molecular formula is C26H18ClF6N11. The molecular weight excluding hydrogens is 616 g/mol. The van der Waals surface area contributed by atoms with E-state index >= 15 is 4.39 Å². The van der Waals surface area contributed by atoms with Crippen molar-refractivity contribution < 1.29 is 26.3 Å². The lowest BCUT2D eigenvalue weighted by molar-refractivity contribution is -0.141. The zero-order valence-electron chi connectivity index (χ0n) is 22.3. The second kappa shape index (κ2) is 11.2. The number of rotatable bonds is 8. The van der Waals surface area contributed by atoms with E-state index < -0.39 is 30.3 Å². The molecule has 6 aromatic rings. The van der Waals surface area contributed by atoms with Gasteiger partial charge in [0.15, 0.2) is 11.5 Å². The van der Waals surface area contributed by atoms with Gasteiger partial charge >= 0.3 is 12.7 Å². The molecule has 1 atom stereocenters. The van der Waals surface area contributed by atoms with E-state index in [9.17, 15) is 22.0 Å². The number of halogens is 7. The maximum Gasteiger partial charge on any atom is 0.436 e. The highest BCUT2D eigenvalue weighted by molar-refractivity contribution is 6.31. The highest BCUT2D eigenvalue weighted by Gasteiger charge is 2.35. The Labute approximate surface area is 248 Å². The van der Waals surface area contributed by atoms with E-state index in [1.54, 1.807) is 41.1 Å². The fraction of sp³-hybridized carbons (Fsp3) is 0.192. The number of benzene rings is 1. The lowest BCUT2D eigenvalue weighted by Crippen LogP contribution is -2.16. The van der Waals surface area contributed by atoms with Crippen LogP contribution in [-0.2, 0) is 19.6 Å². The van der Waals surface area contributed by atoms with Crippen molar-refractivity contribution in [2.75, 3.05) is 0 Å². The molecule has 0 unspecified atom stereocenters. The van der Waals surface area contributed by atoms with Crippen LogP contribution < -0.4 is 0 Å². The van der Waals surface area contributed by atoms with Crippen molar-refractivity contribution in [3.8, 4) is 28.1 Å². The molecule has 0 fully saturated rings. The number of pyridine rings is 1. The first-order valence-corrected chi connectivity index (χ1v) is 13.0. The number of aryl methyl sites for hydroxylation is 1. The van der Waals surface area contributed by atoms with Crippen molar-refractivity contribution >= 4 is 11.6 Å². The van der Waals surface area contributed by atoms with Crippen molar-refractivity contribution in [1.29, 1.82) is 0 Å². The standard InChI is InChI=1S/C26H18ClF6N11/c1-41-21(11-35-39-41)15-10-36-43(12-15)20(8-16-6-7-42(38-16)25(29)30)18-4-2-14(9-34-18)23-19(5-3-17(27)24(23)28)44-13-22(37-40-44)26(31,32)33/h2-7,9-13,20,25H,8H2,1H3/t20-/m0/s1. The molecule has 0 aliphatic carbocycles. The zero-order valence-corrected chi connectivity index (χ0v) is 23.0. The molecule has 11 nitrogen and oxygen atoms in total. The van der Waals surface area contributed by atoms with Gasteiger partial charge in [0.2, 0.25) is 0 Å². The Balaban J connectivity index is 1.39. The fourth-order valence-electron chi connectivity index (χ4n) is 4.59. The summed E-state index contributed by atoms with van der Waals surface area (Å²) in [6, 6.07) is 6.35. The first kappa shape index (κ1) is 29.0. The minimum atomic E-state index is -4.76. The summed E-state index contributed by atoms with van der Waals surface area (Å²) in [7, 11) is 1.71. The summed E-state index contributed by atoms with van der Waals surface area (Å²) < 4.78 is 85.7. The quantitative estimate of drug-likeness (QED) is 0.202. The van der Waals surface area contributed by atoms with Gasteiger partial charge in [-0.3, -0.25) is 9.67 Å². The number of hydrogen-bond acceptors (Lipinski definition) is 7. The molecule has 5 heterocycles. The van der Waals surface area contributed by atoms with E-state index in [1.165, 1.54) is 30.5 Å². The van der Waals surface area contributed by atoms with Gasteiger partial charge in [-0.1, -0.05) is 28.1 Å². The molecule has 0 aliphatic rings. The Morgan fingerprint density at radius 2 is 1.75 bits per heavy atom. The summed E-state index contributed by atoms with van der Waals surface area (Å²) in [5, 5.41) is 22.6. The van der Waals surface area contributed by atoms with Crippen LogP contribution in [0.25, 0.3) is 28.1 Å². The molecule has 5 aromatic heterocycles. The summed E-state index contributed by atoms with van der Waals surface area (Å²) in [6.07, 6.45) is 3.29. The van der Waals surface area contributed by atoms with E-state index in [4.69, 9.17) is 11.6 Å². The Morgan fingerprint density at radius 3 is 2.39 bits per heavy atom. The average Bonchev–Trinajstić information content (AvgIpc) is 3.80. The van der Waals surface area contributed by atoms with E-state index in [-0.39, 0.29) is 28.3 Å². The first-order valence-electron chi connectivity index (χ1n) is 12.6. The van der Waals surface area contributed by atoms with Crippen molar-refractivity contribution in [3.63, 3.8) is 0 Å². The van der Waals surface area contributed by atoms with Gasteiger partial charge in [-0.15, -0.1) is 10.2 Å². The summed E-state index contributed by atoms with van der Waals surface area (Å²) >= 11 is 6.03. The van der Waals surface area contributed by atoms with E-state index in [0.29, 0.717) is 33.5 Å². The monoisotopic (exact) mass is 633 g/mol. The third-order valence-electron chi connectivity index (χ3n) is 6.72. The zero-order chi connectivity index (χ0) is 31.2. The van der Waals surface area contributed by atoms with Gasteiger partial charge < -0.3 is 0 Å². The van der Waals surface area contributed by atoms with Crippen molar-refractivity contribution in [2.24, 2.45) is 7.05 Å². The molecule has 0 N–H and O–H groups in total. The van der Waals surface area contributed by atoms with Crippen molar-refractivity contribution in [2.45, 2.75) is 25.2 Å². The molecule has 0 radical (unpaired) electrons. The molecule has 6 rings (SSSR count). The molecule has 0 spiro atoms. The minimum Gasteiger partial charge on any atom is -0.263 e. The van der Waals surface area contributed by atoms with Crippen molar-refractivity contribution in [1.82, 2.24) is 54.5 Å². The largest absolute Gasteiger partial charge is 0.436 e. The highest BCUT2D eigenvalue weighted by atomic mass is 35.5. The van der Waals surface area contributed by atoms with Crippen LogP contribution in [0, 0.1) is 5.82 Å². The Hall–Kier alpha value is -5.06. The van der Waals surface area contributed by atoms with E-state index in [0.717, 1.165) is 10.9 Å². The lowest BCUT2D eigenvalue weighted by atomic mass is 10.0. The molecule has 18 heteroatoms. The fourth-order valence-corrected chi connectivity index (χ4v) is 4.74. The van der Waals surface area contributed by atoms with E-state index in [1.807, 2.05) is 0 Å². The molecule has 1 aromatic carbocycles. The molecule has 0 amide bonds. The van der Waals surface area contributed by atoms with Crippen LogP contribution >= 0.6 is 11.6 Å². The van der Waals surface area contributed by atoms with Crippen LogP contribution in [0.15, 0.2) is 67.5 Å².